The van der Waals surface area contributed by atoms with Gasteiger partial charge in [0.25, 0.3) is 5.91 Å². The molecule has 1 aliphatic carbocycles. The number of aromatic nitrogens is 3. The summed E-state index contributed by atoms with van der Waals surface area (Å²) in [6.07, 6.45) is 6.26. The summed E-state index contributed by atoms with van der Waals surface area (Å²) in [5, 5.41) is 12.0. The van der Waals surface area contributed by atoms with Crippen molar-refractivity contribution in [1.82, 2.24) is 14.5 Å². The molecule has 0 radical (unpaired) electrons. The number of nitrogens with one attached hydrogen (secondary N) is 1. The van der Waals surface area contributed by atoms with Crippen LogP contribution in [-0.2, 0) is 0 Å². The molecule has 21 heavy (non-hydrogen) atoms. The van der Waals surface area contributed by atoms with Crippen molar-refractivity contribution in [2.45, 2.75) is 18.9 Å². The molecule has 0 unspecified atom stereocenters. The fourth-order valence-corrected chi connectivity index (χ4v) is 2.25. The number of amides is 1. The molecule has 1 fully saturated rings. The van der Waals surface area contributed by atoms with E-state index in [0.717, 1.165) is 12.8 Å². The maximum absolute atomic E-state index is 12.3. The van der Waals surface area contributed by atoms with Crippen LogP contribution in [0.2, 0.25) is 5.02 Å². The van der Waals surface area contributed by atoms with Crippen LogP contribution in [0.4, 0.5) is 5.82 Å². The van der Waals surface area contributed by atoms with E-state index in [0.29, 0.717) is 10.7 Å². The first-order valence-corrected chi connectivity index (χ1v) is 6.67. The predicted octanol–water partition coefficient (Wildman–Crippen LogP) is 2.22. The van der Waals surface area contributed by atoms with E-state index in [-0.39, 0.29) is 17.6 Å². The Morgan fingerprint density at radius 3 is 2.71 bits per heavy atom. The summed E-state index contributed by atoms with van der Waals surface area (Å²) >= 11 is 5.94. The standard InChI is InChI=1S/C13H11ClN4O3/c14-7-5-9(18(6-7)8-1-2-8)12(19)17-11-10(13(20)21)15-3-4-16-11/h3-6,8H,1-2H2,(H,20,21)(H,16,17,19). The molecule has 2 aromatic heterocycles. The largest absolute Gasteiger partial charge is 0.476 e. The number of carboxylic acid groups (broad SMARTS) is 1. The molecule has 1 aliphatic rings. The molecule has 0 aromatic carbocycles. The highest BCUT2D eigenvalue weighted by atomic mass is 35.5. The van der Waals surface area contributed by atoms with Crippen molar-refractivity contribution in [3.8, 4) is 0 Å². The molecule has 0 bridgehead atoms. The Bertz CT molecular complexity index is 724. The number of hydrogen-bond donors (Lipinski definition) is 2. The number of carbonyl (C=O) groups is 2. The summed E-state index contributed by atoms with van der Waals surface area (Å²) in [5.41, 5.74) is 0.0750. The van der Waals surface area contributed by atoms with Crippen molar-refractivity contribution < 1.29 is 14.7 Å². The van der Waals surface area contributed by atoms with E-state index in [9.17, 15) is 9.59 Å². The van der Waals surface area contributed by atoms with Crippen molar-refractivity contribution >= 4 is 29.3 Å². The molecule has 0 atom stereocenters. The first-order chi connectivity index (χ1) is 10.1. The van der Waals surface area contributed by atoms with Crippen LogP contribution in [0.3, 0.4) is 0 Å². The molecule has 1 amide bonds. The summed E-state index contributed by atoms with van der Waals surface area (Å²) in [4.78, 5) is 30.9. The van der Waals surface area contributed by atoms with Crippen molar-refractivity contribution in [2.24, 2.45) is 0 Å². The highest BCUT2D eigenvalue weighted by molar-refractivity contribution is 6.31. The molecule has 2 aromatic rings. The van der Waals surface area contributed by atoms with Gasteiger partial charge in [0.1, 0.15) is 5.69 Å². The third-order valence-corrected chi connectivity index (χ3v) is 3.33. The highest BCUT2D eigenvalue weighted by Crippen LogP contribution is 2.37. The van der Waals surface area contributed by atoms with E-state index >= 15 is 0 Å². The summed E-state index contributed by atoms with van der Waals surface area (Å²) in [6, 6.07) is 1.82. The molecule has 108 valence electrons. The Kier molecular flexibility index (Phi) is 3.34. The minimum Gasteiger partial charge on any atom is -0.476 e. The number of carbonyl (C=O) groups excluding carboxylic acids is 1. The van der Waals surface area contributed by atoms with Gasteiger partial charge < -0.3 is 15.0 Å². The van der Waals surface area contributed by atoms with Crippen molar-refractivity contribution in [1.29, 1.82) is 0 Å². The molecular weight excluding hydrogens is 296 g/mol. The van der Waals surface area contributed by atoms with E-state index in [1.165, 1.54) is 12.4 Å². The van der Waals surface area contributed by atoms with E-state index in [1.54, 1.807) is 16.8 Å². The Hall–Kier alpha value is -2.41. The molecule has 0 aliphatic heterocycles. The first-order valence-electron chi connectivity index (χ1n) is 6.29. The van der Waals surface area contributed by atoms with Gasteiger partial charge in [-0.3, -0.25) is 4.79 Å². The van der Waals surface area contributed by atoms with Crippen molar-refractivity contribution in [2.75, 3.05) is 5.32 Å². The number of anilines is 1. The van der Waals surface area contributed by atoms with Gasteiger partial charge in [-0.1, -0.05) is 11.6 Å². The van der Waals surface area contributed by atoms with E-state index in [4.69, 9.17) is 16.7 Å². The molecule has 1 saturated carbocycles. The average molecular weight is 307 g/mol. The maximum Gasteiger partial charge on any atom is 0.358 e. The zero-order valence-electron chi connectivity index (χ0n) is 10.8. The zero-order chi connectivity index (χ0) is 15.0. The van der Waals surface area contributed by atoms with Crippen LogP contribution in [-0.4, -0.2) is 31.5 Å². The van der Waals surface area contributed by atoms with Crippen LogP contribution in [0.25, 0.3) is 0 Å². The lowest BCUT2D eigenvalue weighted by Crippen LogP contribution is -2.19. The number of aromatic carboxylic acids is 1. The smallest absolute Gasteiger partial charge is 0.358 e. The van der Waals surface area contributed by atoms with Crippen LogP contribution in [0, 0.1) is 0 Å². The highest BCUT2D eigenvalue weighted by Gasteiger charge is 2.28. The monoisotopic (exact) mass is 306 g/mol. The third-order valence-electron chi connectivity index (χ3n) is 3.12. The fraction of sp³-hybridized carbons (Fsp3) is 0.231. The van der Waals surface area contributed by atoms with Gasteiger partial charge in [-0.25, -0.2) is 14.8 Å². The van der Waals surface area contributed by atoms with Crippen molar-refractivity contribution in [3.05, 3.63) is 41.1 Å². The Morgan fingerprint density at radius 2 is 2.05 bits per heavy atom. The number of nitrogens with zero attached hydrogens (tertiary/aromatic N) is 3. The summed E-state index contributed by atoms with van der Waals surface area (Å²) in [5.74, 6) is -1.81. The van der Waals surface area contributed by atoms with E-state index in [2.05, 4.69) is 15.3 Å². The number of hydrogen-bond acceptors (Lipinski definition) is 4. The molecule has 7 nitrogen and oxygen atoms in total. The summed E-state index contributed by atoms with van der Waals surface area (Å²) in [7, 11) is 0. The van der Waals surface area contributed by atoms with Crippen LogP contribution in [0.1, 0.15) is 39.9 Å². The molecule has 2 N–H and O–H groups in total. The van der Waals surface area contributed by atoms with Gasteiger partial charge in [0.2, 0.25) is 0 Å². The molecule has 3 rings (SSSR count). The second-order valence-electron chi connectivity index (χ2n) is 4.69. The lowest BCUT2D eigenvalue weighted by Gasteiger charge is -2.09. The van der Waals surface area contributed by atoms with Gasteiger partial charge in [-0.05, 0) is 18.9 Å². The minimum absolute atomic E-state index is 0.0883. The number of halogens is 1. The fourth-order valence-electron chi connectivity index (χ4n) is 2.04. The molecule has 0 spiro atoms. The normalized spacial score (nSPS) is 14.0. The van der Waals surface area contributed by atoms with Gasteiger partial charge in [-0.2, -0.15) is 0 Å². The quantitative estimate of drug-likeness (QED) is 0.902. The Labute approximate surface area is 124 Å². The molecule has 8 heteroatoms. The van der Waals surface area contributed by atoms with Gasteiger partial charge in [-0.15, -0.1) is 0 Å². The molecule has 0 saturated heterocycles. The van der Waals surface area contributed by atoms with E-state index in [1.807, 2.05) is 0 Å². The Balaban J connectivity index is 1.89. The maximum atomic E-state index is 12.3. The van der Waals surface area contributed by atoms with Crippen LogP contribution in [0.5, 0.6) is 0 Å². The second-order valence-corrected chi connectivity index (χ2v) is 5.13. The lowest BCUT2D eigenvalue weighted by molar-refractivity contribution is 0.0691. The second kappa shape index (κ2) is 5.17. The van der Waals surface area contributed by atoms with Gasteiger partial charge in [0.15, 0.2) is 11.5 Å². The number of rotatable bonds is 4. The molecular formula is C13H11ClN4O3. The van der Waals surface area contributed by atoms with Crippen LogP contribution < -0.4 is 5.32 Å². The first kappa shape index (κ1) is 13.6. The lowest BCUT2D eigenvalue weighted by atomic mass is 10.3. The summed E-state index contributed by atoms with van der Waals surface area (Å²) < 4.78 is 1.80. The van der Waals surface area contributed by atoms with E-state index < -0.39 is 11.9 Å². The number of carboxylic acids is 1. The van der Waals surface area contributed by atoms with Crippen molar-refractivity contribution in [3.63, 3.8) is 0 Å². The van der Waals surface area contributed by atoms with Gasteiger partial charge in [0, 0.05) is 24.6 Å². The summed E-state index contributed by atoms with van der Waals surface area (Å²) in [6.45, 7) is 0. The van der Waals surface area contributed by atoms with Gasteiger partial charge >= 0.3 is 5.97 Å². The van der Waals surface area contributed by atoms with Crippen LogP contribution >= 0.6 is 11.6 Å². The third kappa shape index (κ3) is 2.73. The van der Waals surface area contributed by atoms with Crippen LogP contribution in [0.15, 0.2) is 24.7 Å². The topological polar surface area (TPSA) is 97.1 Å². The average Bonchev–Trinajstić information content (AvgIpc) is 3.21. The SMILES string of the molecule is O=C(O)c1nccnc1NC(=O)c1cc(Cl)cn1C1CC1. The van der Waals surface area contributed by atoms with Gasteiger partial charge in [0.05, 0.1) is 5.02 Å². The molecule has 2 heterocycles. The predicted molar refractivity (Wildman–Crippen MR) is 74.7 cm³/mol. The zero-order valence-corrected chi connectivity index (χ0v) is 11.5. The minimum atomic E-state index is -1.26. The Morgan fingerprint density at radius 1 is 1.33 bits per heavy atom.